The van der Waals surface area contributed by atoms with Crippen molar-refractivity contribution in [2.24, 2.45) is 17.6 Å². The lowest BCUT2D eigenvalue weighted by Gasteiger charge is -2.39. The van der Waals surface area contributed by atoms with Crippen LogP contribution < -0.4 is 5.73 Å². The van der Waals surface area contributed by atoms with Gasteiger partial charge in [0, 0.05) is 38.1 Å². The molecule has 0 aromatic carbocycles. The van der Waals surface area contributed by atoms with Crippen molar-refractivity contribution in [2.45, 2.75) is 39.2 Å². The minimum atomic E-state index is 0.168. The zero-order chi connectivity index (χ0) is 13.1. The van der Waals surface area contributed by atoms with Gasteiger partial charge in [-0.2, -0.15) is 0 Å². The van der Waals surface area contributed by atoms with Crippen LogP contribution >= 0.6 is 0 Å². The average Bonchev–Trinajstić information content (AvgIpc) is 2.41. The smallest absolute Gasteiger partial charge is 0.226 e. The highest BCUT2D eigenvalue weighted by molar-refractivity contribution is 5.79. The van der Waals surface area contributed by atoms with Crippen LogP contribution in [0.15, 0.2) is 0 Å². The largest absolute Gasteiger partial charge is 0.340 e. The lowest BCUT2D eigenvalue weighted by atomic mass is 9.77. The third kappa shape index (κ3) is 3.04. The number of likely N-dealkylation sites (N-methyl/N-ethyl adjacent to an activating group) is 1. The summed E-state index contributed by atoms with van der Waals surface area (Å²) >= 11 is 0. The van der Waals surface area contributed by atoms with Crippen LogP contribution in [0.25, 0.3) is 0 Å². The van der Waals surface area contributed by atoms with Crippen LogP contribution in [0.1, 0.15) is 33.1 Å². The summed E-state index contributed by atoms with van der Waals surface area (Å²) in [5.74, 6) is 1.02. The molecule has 1 amide bonds. The minimum absolute atomic E-state index is 0.168. The van der Waals surface area contributed by atoms with E-state index in [1.807, 2.05) is 0 Å². The van der Waals surface area contributed by atoms with E-state index in [4.69, 9.17) is 5.73 Å². The average molecular weight is 253 g/mol. The summed E-state index contributed by atoms with van der Waals surface area (Å²) in [6.45, 7) is 9.31. The first-order valence-corrected chi connectivity index (χ1v) is 7.38. The Morgan fingerprint density at radius 2 is 1.89 bits per heavy atom. The second-order valence-corrected chi connectivity index (χ2v) is 5.92. The number of hydrogen-bond donors (Lipinski definition) is 1. The molecular formula is C14H27N3O. The van der Waals surface area contributed by atoms with Gasteiger partial charge >= 0.3 is 0 Å². The van der Waals surface area contributed by atoms with Gasteiger partial charge in [0.2, 0.25) is 5.91 Å². The van der Waals surface area contributed by atoms with Crippen LogP contribution in [0.3, 0.4) is 0 Å². The molecule has 18 heavy (non-hydrogen) atoms. The van der Waals surface area contributed by atoms with Gasteiger partial charge in [0.25, 0.3) is 0 Å². The molecule has 2 N–H and O–H groups in total. The molecule has 2 rings (SSSR count). The maximum Gasteiger partial charge on any atom is 0.226 e. The molecule has 3 atom stereocenters. The van der Waals surface area contributed by atoms with Gasteiger partial charge < -0.3 is 15.5 Å². The fourth-order valence-electron chi connectivity index (χ4n) is 3.22. The molecule has 1 heterocycles. The summed E-state index contributed by atoms with van der Waals surface area (Å²) in [7, 11) is 0. The molecule has 1 aliphatic heterocycles. The monoisotopic (exact) mass is 253 g/mol. The number of rotatable bonds is 2. The van der Waals surface area contributed by atoms with Gasteiger partial charge in [0.15, 0.2) is 0 Å². The molecule has 0 spiro atoms. The molecule has 3 unspecified atom stereocenters. The zero-order valence-electron chi connectivity index (χ0n) is 11.8. The molecule has 4 nitrogen and oxygen atoms in total. The quantitative estimate of drug-likeness (QED) is 0.796. The Morgan fingerprint density at radius 1 is 1.22 bits per heavy atom. The van der Waals surface area contributed by atoms with E-state index in [-0.39, 0.29) is 12.0 Å². The Kier molecular flexibility index (Phi) is 4.62. The van der Waals surface area contributed by atoms with Crippen molar-refractivity contribution in [2.75, 3.05) is 32.7 Å². The topological polar surface area (TPSA) is 49.6 Å². The number of hydrogen-bond acceptors (Lipinski definition) is 3. The highest BCUT2D eigenvalue weighted by atomic mass is 16.2. The fraction of sp³-hybridized carbons (Fsp3) is 0.929. The molecule has 4 heteroatoms. The first-order valence-electron chi connectivity index (χ1n) is 7.38. The number of piperazine rings is 1. The van der Waals surface area contributed by atoms with Gasteiger partial charge in [-0.05, 0) is 31.7 Å². The van der Waals surface area contributed by atoms with E-state index in [2.05, 4.69) is 23.6 Å². The normalized spacial score (nSPS) is 34.6. The van der Waals surface area contributed by atoms with E-state index >= 15 is 0 Å². The van der Waals surface area contributed by atoms with Crippen molar-refractivity contribution in [1.29, 1.82) is 0 Å². The van der Waals surface area contributed by atoms with Gasteiger partial charge in [0.1, 0.15) is 0 Å². The summed E-state index contributed by atoms with van der Waals surface area (Å²) < 4.78 is 0. The molecule has 104 valence electrons. The van der Waals surface area contributed by atoms with Crippen LogP contribution in [-0.2, 0) is 4.79 Å². The van der Waals surface area contributed by atoms with Gasteiger partial charge in [-0.3, -0.25) is 4.79 Å². The minimum Gasteiger partial charge on any atom is -0.340 e. The van der Waals surface area contributed by atoms with Crippen molar-refractivity contribution < 1.29 is 4.79 Å². The maximum atomic E-state index is 12.6. The Hall–Kier alpha value is -0.610. The van der Waals surface area contributed by atoms with E-state index in [0.717, 1.165) is 52.0 Å². The molecule has 0 radical (unpaired) electrons. The predicted molar refractivity (Wildman–Crippen MR) is 73.2 cm³/mol. The number of nitrogens with zero attached hydrogens (tertiary/aromatic N) is 2. The molecule has 2 aliphatic rings. The van der Waals surface area contributed by atoms with Crippen molar-refractivity contribution in [1.82, 2.24) is 9.80 Å². The molecular weight excluding hydrogens is 226 g/mol. The van der Waals surface area contributed by atoms with E-state index in [9.17, 15) is 4.79 Å². The summed E-state index contributed by atoms with van der Waals surface area (Å²) in [5, 5.41) is 0. The number of nitrogens with two attached hydrogens (primary N) is 1. The third-order valence-electron chi connectivity index (χ3n) is 4.68. The molecule has 2 fully saturated rings. The summed E-state index contributed by atoms with van der Waals surface area (Å²) in [6.07, 6.45) is 3.06. The number of carbonyl (C=O) groups excluding carboxylic acids is 1. The second-order valence-electron chi connectivity index (χ2n) is 5.92. The Balaban J connectivity index is 1.90. The molecule has 1 aliphatic carbocycles. The SMILES string of the molecule is CCN1CCN(C(=O)C2CC(N)CCC2C)CC1. The Morgan fingerprint density at radius 3 is 2.50 bits per heavy atom. The highest BCUT2D eigenvalue weighted by Gasteiger charge is 2.34. The van der Waals surface area contributed by atoms with Crippen molar-refractivity contribution in [3.8, 4) is 0 Å². The lowest BCUT2D eigenvalue weighted by molar-refractivity contribution is -0.140. The second kappa shape index (κ2) is 6.02. The van der Waals surface area contributed by atoms with Crippen LogP contribution in [0, 0.1) is 11.8 Å². The molecule has 1 saturated carbocycles. The van der Waals surface area contributed by atoms with E-state index in [1.54, 1.807) is 0 Å². The Bertz CT molecular complexity index is 287. The molecule has 1 saturated heterocycles. The highest BCUT2D eigenvalue weighted by Crippen LogP contribution is 2.30. The molecule has 0 bridgehead atoms. The summed E-state index contributed by atoms with van der Waals surface area (Å²) in [5.41, 5.74) is 6.02. The zero-order valence-corrected chi connectivity index (χ0v) is 11.8. The van der Waals surface area contributed by atoms with Crippen molar-refractivity contribution >= 4 is 5.91 Å². The van der Waals surface area contributed by atoms with E-state index in [0.29, 0.717) is 11.8 Å². The predicted octanol–water partition coefficient (Wildman–Crippen LogP) is 0.914. The summed E-state index contributed by atoms with van der Waals surface area (Å²) in [4.78, 5) is 17.0. The van der Waals surface area contributed by atoms with Gasteiger partial charge in [-0.25, -0.2) is 0 Å². The lowest BCUT2D eigenvalue weighted by Crippen LogP contribution is -2.52. The first kappa shape index (κ1) is 13.8. The number of carbonyl (C=O) groups is 1. The van der Waals surface area contributed by atoms with Crippen LogP contribution in [0.4, 0.5) is 0 Å². The summed E-state index contributed by atoms with van der Waals surface area (Å²) in [6, 6.07) is 0.229. The molecule has 0 aromatic rings. The first-order chi connectivity index (χ1) is 8.61. The maximum absolute atomic E-state index is 12.6. The third-order valence-corrected chi connectivity index (χ3v) is 4.68. The van der Waals surface area contributed by atoms with E-state index in [1.165, 1.54) is 0 Å². The van der Waals surface area contributed by atoms with Crippen molar-refractivity contribution in [3.63, 3.8) is 0 Å². The molecule has 0 aromatic heterocycles. The van der Waals surface area contributed by atoms with Gasteiger partial charge in [-0.15, -0.1) is 0 Å². The van der Waals surface area contributed by atoms with Crippen LogP contribution in [0.2, 0.25) is 0 Å². The van der Waals surface area contributed by atoms with Crippen LogP contribution in [0.5, 0.6) is 0 Å². The van der Waals surface area contributed by atoms with E-state index < -0.39 is 0 Å². The van der Waals surface area contributed by atoms with Crippen LogP contribution in [-0.4, -0.2) is 54.5 Å². The van der Waals surface area contributed by atoms with Gasteiger partial charge in [-0.1, -0.05) is 13.8 Å². The van der Waals surface area contributed by atoms with Gasteiger partial charge in [0.05, 0.1) is 0 Å². The fourth-order valence-corrected chi connectivity index (χ4v) is 3.22. The Labute approximate surface area is 110 Å². The standard InChI is InChI=1S/C14H27N3O/c1-3-16-6-8-17(9-7-16)14(18)13-10-12(15)5-4-11(13)2/h11-13H,3-10,15H2,1-2H3. The number of amides is 1. The van der Waals surface area contributed by atoms with Crippen molar-refractivity contribution in [3.05, 3.63) is 0 Å².